The van der Waals surface area contributed by atoms with E-state index in [9.17, 15) is 4.79 Å². The minimum atomic E-state index is 0. The Bertz CT molecular complexity index is 723. The fourth-order valence-corrected chi connectivity index (χ4v) is 3.18. The number of nitrogens with one attached hydrogen (secondary N) is 1. The van der Waals surface area contributed by atoms with Gasteiger partial charge in [0.05, 0.1) is 0 Å². The van der Waals surface area contributed by atoms with E-state index in [4.69, 9.17) is 0 Å². The second-order valence-electron chi connectivity index (χ2n) is 5.99. The van der Waals surface area contributed by atoms with Crippen LogP contribution in [-0.4, -0.2) is 38.4 Å². The fraction of sp³-hybridized carbons (Fsp3) is 0.438. The van der Waals surface area contributed by atoms with E-state index in [0.29, 0.717) is 18.8 Å². The van der Waals surface area contributed by atoms with Gasteiger partial charge in [-0.3, -0.25) is 9.78 Å². The van der Waals surface area contributed by atoms with E-state index in [1.165, 1.54) is 5.56 Å². The number of nitrogens with zero attached hydrogens (tertiary/aromatic N) is 4. The van der Waals surface area contributed by atoms with Gasteiger partial charge in [0.2, 0.25) is 0 Å². The summed E-state index contributed by atoms with van der Waals surface area (Å²) in [5, 5.41) is 3.34. The highest BCUT2D eigenvalue weighted by Gasteiger charge is 2.27. The second-order valence-corrected chi connectivity index (χ2v) is 5.99. The minimum Gasteiger partial charge on any atom is -0.333 e. The molecule has 6 nitrogen and oxygen atoms in total. The molecular formula is C16H21Cl2N5O. The van der Waals surface area contributed by atoms with E-state index in [2.05, 4.69) is 25.9 Å². The van der Waals surface area contributed by atoms with Crippen LogP contribution in [0.25, 0.3) is 0 Å². The Balaban J connectivity index is 0.00000104. The summed E-state index contributed by atoms with van der Waals surface area (Å²) in [7, 11) is 0. The zero-order valence-electron chi connectivity index (χ0n) is 13.5. The lowest BCUT2D eigenvalue weighted by Gasteiger charge is -2.13. The van der Waals surface area contributed by atoms with Crippen LogP contribution in [0, 0.1) is 6.92 Å². The Kier molecular flexibility index (Phi) is 5.85. The third-order valence-corrected chi connectivity index (χ3v) is 4.36. The molecule has 0 bridgehead atoms. The van der Waals surface area contributed by atoms with Crippen molar-refractivity contribution in [3.63, 3.8) is 0 Å². The van der Waals surface area contributed by atoms with Crippen LogP contribution in [0.1, 0.15) is 33.1 Å². The number of carbonyl (C=O) groups excluding carboxylic acids is 1. The first-order chi connectivity index (χ1) is 10.7. The number of amides is 1. The number of imidazole rings is 1. The van der Waals surface area contributed by atoms with Crippen LogP contribution in [0.3, 0.4) is 0 Å². The maximum atomic E-state index is 12.7. The summed E-state index contributed by atoms with van der Waals surface area (Å²) in [6, 6.07) is 2.07. The van der Waals surface area contributed by atoms with Gasteiger partial charge in [-0.15, -0.1) is 24.8 Å². The molecule has 1 amide bonds. The highest BCUT2D eigenvalue weighted by atomic mass is 35.5. The van der Waals surface area contributed by atoms with Crippen LogP contribution in [0.2, 0.25) is 0 Å². The van der Waals surface area contributed by atoms with E-state index < -0.39 is 0 Å². The number of rotatable bonds is 1. The van der Waals surface area contributed by atoms with Crippen LogP contribution in [0.5, 0.6) is 0 Å². The van der Waals surface area contributed by atoms with Gasteiger partial charge < -0.3 is 14.8 Å². The Hall–Kier alpha value is -1.63. The molecule has 0 unspecified atom stereocenters. The zero-order valence-corrected chi connectivity index (χ0v) is 15.1. The molecule has 0 fully saturated rings. The largest absolute Gasteiger partial charge is 0.333 e. The molecule has 0 spiro atoms. The zero-order chi connectivity index (χ0) is 15.1. The van der Waals surface area contributed by atoms with Crippen molar-refractivity contribution in [1.29, 1.82) is 0 Å². The van der Waals surface area contributed by atoms with Crippen LogP contribution in [0.4, 0.5) is 0 Å². The summed E-state index contributed by atoms with van der Waals surface area (Å²) in [6.07, 6.45) is 4.65. The number of halogens is 2. The maximum absolute atomic E-state index is 12.7. The molecule has 2 aromatic heterocycles. The predicted molar refractivity (Wildman–Crippen MR) is 95.8 cm³/mol. The molecule has 0 atom stereocenters. The normalized spacial score (nSPS) is 15.6. The molecule has 130 valence electrons. The van der Waals surface area contributed by atoms with Crippen molar-refractivity contribution in [2.75, 3.05) is 13.1 Å². The Labute approximate surface area is 153 Å². The maximum Gasteiger partial charge on any atom is 0.274 e. The molecule has 0 radical (unpaired) electrons. The monoisotopic (exact) mass is 369 g/mol. The van der Waals surface area contributed by atoms with Crippen molar-refractivity contribution in [1.82, 2.24) is 24.8 Å². The van der Waals surface area contributed by atoms with Gasteiger partial charge in [-0.25, -0.2) is 4.98 Å². The van der Waals surface area contributed by atoms with Gasteiger partial charge in [0.15, 0.2) is 0 Å². The lowest BCUT2D eigenvalue weighted by Crippen LogP contribution is -2.26. The summed E-state index contributed by atoms with van der Waals surface area (Å²) in [5.74, 6) is 1.02. The van der Waals surface area contributed by atoms with Crippen LogP contribution >= 0.6 is 24.8 Å². The average molecular weight is 370 g/mol. The molecule has 2 aliphatic rings. The van der Waals surface area contributed by atoms with E-state index in [1.807, 2.05) is 24.2 Å². The number of hydrogen-bond acceptors (Lipinski definition) is 4. The molecule has 2 aliphatic heterocycles. The molecular weight excluding hydrogens is 349 g/mol. The van der Waals surface area contributed by atoms with Crippen molar-refractivity contribution < 1.29 is 4.79 Å². The molecule has 24 heavy (non-hydrogen) atoms. The number of carbonyl (C=O) groups is 1. The molecule has 2 aromatic rings. The van der Waals surface area contributed by atoms with Crippen molar-refractivity contribution in [3.8, 4) is 0 Å². The summed E-state index contributed by atoms with van der Waals surface area (Å²) in [5.41, 5.74) is 3.90. The number of aromatic nitrogens is 3. The third kappa shape index (κ3) is 3.41. The van der Waals surface area contributed by atoms with Gasteiger partial charge in [0.1, 0.15) is 11.5 Å². The number of hydrogen-bond donors (Lipinski definition) is 1. The highest BCUT2D eigenvalue weighted by Crippen LogP contribution is 2.24. The Morgan fingerprint density at radius 1 is 1.21 bits per heavy atom. The van der Waals surface area contributed by atoms with Crippen molar-refractivity contribution in [2.45, 2.75) is 33.0 Å². The fourth-order valence-electron chi connectivity index (χ4n) is 3.18. The van der Waals surface area contributed by atoms with Gasteiger partial charge in [-0.05, 0) is 24.1 Å². The molecule has 1 N–H and O–H groups in total. The van der Waals surface area contributed by atoms with Crippen LogP contribution < -0.4 is 5.32 Å². The lowest BCUT2D eigenvalue weighted by molar-refractivity contribution is 0.0745. The van der Waals surface area contributed by atoms with Gasteiger partial charge in [-0.1, -0.05) is 0 Å². The smallest absolute Gasteiger partial charge is 0.274 e. The minimum absolute atomic E-state index is 0. The lowest BCUT2D eigenvalue weighted by atomic mass is 10.2. The average Bonchev–Trinajstić information content (AvgIpc) is 3.04. The third-order valence-electron chi connectivity index (χ3n) is 4.36. The van der Waals surface area contributed by atoms with Gasteiger partial charge >= 0.3 is 0 Å². The summed E-state index contributed by atoms with van der Waals surface area (Å²) in [6.45, 7) is 5.98. The summed E-state index contributed by atoms with van der Waals surface area (Å²) >= 11 is 0. The molecule has 4 rings (SSSR count). The quantitative estimate of drug-likeness (QED) is 0.831. The van der Waals surface area contributed by atoms with E-state index >= 15 is 0 Å². The molecule has 0 saturated heterocycles. The van der Waals surface area contributed by atoms with E-state index in [-0.39, 0.29) is 30.7 Å². The van der Waals surface area contributed by atoms with E-state index in [0.717, 1.165) is 43.1 Å². The molecule has 0 aliphatic carbocycles. The highest BCUT2D eigenvalue weighted by molar-refractivity contribution is 5.92. The Morgan fingerprint density at radius 3 is 2.83 bits per heavy atom. The molecule has 0 aromatic carbocycles. The number of pyridine rings is 1. The number of aryl methyl sites for hydroxylation is 1. The molecule has 4 heterocycles. The van der Waals surface area contributed by atoms with Crippen LogP contribution in [0.15, 0.2) is 18.5 Å². The summed E-state index contributed by atoms with van der Waals surface area (Å²) in [4.78, 5) is 23.4. The first-order valence-electron chi connectivity index (χ1n) is 7.71. The van der Waals surface area contributed by atoms with Crippen LogP contribution in [-0.2, 0) is 26.1 Å². The van der Waals surface area contributed by atoms with Crippen molar-refractivity contribution >= 4 is 30.7 Å². The van der Waals surface area contributed by atoms with E-state index in [1.54, 1.807) is 0 Å². The Morgan fingerprint density at radius 2 is 2.00 bits per heavy atom. The first kappa shape index (κ1) is 18.7. The number of fused-ring (bicyclic) bond motifs is 2. The van der Waals surface area contributed by atoms with Gasteiger partial charge in [0, 0.05) is 57.2 Å². The van der Waals surface area contributed by atoms with Crippen molar-refractivity contribution in [3.05, 3.63) is 46.8 Å². The molecule has 0 saturated carbocycles. The predicted octanol–water partition coefficient (Wildman–Crippen LogP) is 1.73. The van der Waals surface area contributed by atoms with Crippen molar-refractivity contribution in [2.24, 2.45) is 0 Å². The topological polar surface area (TPSA) is 63.1 Å². The summed E-state index contributed by atoms with van der Waals surface area (Å²) < 4.78 is 2.10. The van der Waals surface area contributed by atoms with Gasteiger partial charge in [0.25, 0.3) is 5.91 Å². The standard InChI is InChI=1S/C16H19N5O.2ClH/c1-11-6-12-8-21(9-13(12)7-18-11)16(22)14-10-20-5-4-17-3-2-15(20)19-14;;/h6-7,10,17H,2-5,8-9H2,1H3;2*1H. The first-order valence-corrected chi connectivity index (χ1v) is 7.71. The van der Waals surface area contributed by atoms with Gasteiger partial charge in [-0.2, -0.15) is 0 Å². The second kappa shape index (κ2) is 7.51. The molecule has 8 heteroatoms. The SMILES string of the molecule is Cc1cc2c(cn1)CN(C(=O)c1cn3c(n1)CCNCC3)C2.Cl.Cl.